The lowest BCUT2D eigenvalue weighted by Crippen LogP contribution is -2.43. The molecule has 2 aliphatic heterocycles. The van der Waals surface area contributed by atoms with Gasteiger partial charge in [0, 0.05) is 49.0 Å². The molecule has 1 saturated heterocycles. The molecule has 0 saturated carbocycles. The Morgan fingerprint density at radius 1 is 1.00 bits per heavy atom. The molecule has 2 aliphatic rings. The van der Waals surface area contributed by atoms with E-state index in [0.717, 1.165) is 50.3 Å². The topological polar surface area (TPSA) is 76.0 Å². The van der Waals surface area contributed by atoms with Gasteiger partial charge in [-0.1, -0.05) is 0 Å². The van der Waals surface area contributed by atoms with E-state index in [4.69, 9.17) is 13.9 Å². The van der Waals surface area contributed by atoms with E-state index in [1.165, 1.54) is 5.69 Å². The van der Waals surface area contributed by atoms with Gasteiger partial charge in [-0.05, 0) is 67.4 Å². The summed E-state index contributed by atoms with van der Waals surface area (Å²) in [6.07, 6.45) is 4.87. The number of furan rings is 1. The third-order valence-corrected chi connectivity index (χ3v) is 6.00. The maximum absolute atomic E-state index is 12.6. The Balaban J connectivity index is 1.10. The molecule has 3 heterocycles. The fourth-order valence-corrected chi connectivity index (χ4v) is 4.19. The van der Waals surface area contributed by atoms with Crippen molar-refractivity contribution < 1.29 is 18.7 Å². The number of piperidine rings is 1. The highest BCUT2D eigenvalue weighted by molar-refractivity contribution is 6.04. The van der Waals surface area contributed by atoms with E-state index in [1.807, 2.05) is 24.3 Å². The molecule has 2 aromatic carbocycles. The Morgan fingerprint density at radius 3 is 2.59 bits per heavy atom. The zero-order chi connectivity index (χ0) is 21.8. The first-order valence-electron chi connectivity index (χ1n) is 11.1. The largest absolute Gasteiger partial charge is 0.469 e. The van der Waals surface area contributed by atoms with Crippen LogP contribution in [0, 0.1) is 0 Å². The molecule has 1 amide bonds. The molecular weight excluding hydrogens is 406 g/mol. The molecule has 7 nitrogen and oxygen atoms in total. The van der Waals surface area contributed by atoms with E-state index in [9.17, 15) is 4.79 Å². The van der Waals surface area contributed by atoms with Crippen molar-refractivity contribution in [1.82, 2.24) is 5.32 Å². The Hall–Kier alpha value is -3.45. The van der Waals surface area contributed by atoms with Crippen LogP contribution in [0.5, 0.6) is 11.5 Å². The first-order valence-corrected chi connectivity index (χ1v) is 11.1. The molecule has 0 spiro atoms. The van der Waals surface area contributed by atoms with Crippen LogP contribution in [-0.2, 0) is 6.42 Å². The number of rotatable bonds is 7. The van der Waals surface area contributed by atoms with Crippen LogP contribution in [0.4, 0.5) is 11.4 Å². The van der Waals surface area contributed by atoms with E-state index in [-0.39, 0.29) is 12.7 Å². The second-order valence-corrected chi connectivity index (χ2v) is 8.11. The molecule has 1 aromatic heterocycles. The number of carbonyl (C=O) groups is 1. The summed E-state index contributed by atoms with van der Waals surface area (Å²) in [6.45, 7) is 3.17. The molecule has 2 N–H and O–H groups in total. The molecule has 0 unspecified atom stereocenters. The second kappa shape index (κ2) is 9.36. The quantitative estimate of drug-likeness (QED) is 0.585. The molecule has 0 atom stereocenters. The van der Waals surface area contributed by atoms with Gasteiger partial charge in [0.15, 0.2) is 11.5 Å². The number of nitrogens with zero attached hydrogens (tertiary/aromatic N) is 1. The average Bonchev–Trinajstić information content (AvgIpc) is 3.52. The number of anilines is 2. The van der Waals surface area contributed by atoms with Crippen LogP contribution >= 0.6 is 0 Å². The highest BCUT2D eigenvalue weighted by atomic mass is 16.7. The monoisotopic (exact) mass is 433 g/mol. The van der Waals surface area contributed by atoms with Crippen LogP contribution in [0.1, 0.15) is 29.0 Å². The average molecular weight is 434 g/mol. The predicted molar refractivity (Wildman–Crippen MR) is 123 cm³/mol. The van der Waals surface area contributed by atoms with Gasteiger partial charge in [0.2, 0.25) is 6.79 Å². The molecule has 166 valence electrons. The molecule has 32 heavy (non-hydrogen) atoms. The van der Waals surface area contributed by atoms with E-state index in [2.05, 4.69) is 27.7 Å². The van der Waals surface area contributed by atoms with Gasteiger partial charge in [-0.2, -0.15) is 0 Å². The van der Waals surface area contributed by atoms with Gasteiger partial charge in [0.05, 0.1) is 6.26 Å². The Labute approximate surface area is 187 Å². The third-order valence-electron chi connectivity index (χ3n) is 6.00. The van der Waals surface area contributed by atoms with Gasteiger partial charge in [0.25, 0.3) is 5.91 Å². The summed E-state index contributed by atoms with van der Waals surface area (Å²) in [7, 11) is 0. The summed E-state index contributed by atoms with van der Waals surface area (Å²) in [5.41, 5.74) is 2.49. The Morgan fingerprint density at radius 2 is 1.81 bits per heavy atom. The lowest BCUT2D eigenvalue weighted by Gasteiger charge is -2.34. The van der Waals surface area contributed by atoms with Crippen molar-refractivity contribution in [3.63, 3.8) is 0 Å². The third kappa shape index (κ3) is 4.73. The first-order chi connectivity index (χ1) is 15.7. The van der Waals surface area contributed by atoms with E-state index in [1.54, 1.807) is 24.5 Å². The van der Waals surface area contributed by atoms with Crippen molar-refractivity contribution in [1.29, 1.82) is 0 Å². The second-order valence-electron chi connectivity index (χ2n) is 8.11. The van der Waals surface area contributed by atoms with Gasteiger partial charge < -0.3 is 29.4 Å². The lowest BCUT2D eigenvalue weighted by molar-refractivity contribution is 0.102. The maximum Gasteiger partial charge on any atom is 0.255 e. The normalized spacial score (nSPS) is 15.7. The van der Waals surface area contributed by atoms with Crippen molar-refractivity contribution in [3.8, 4) is 11.5 Å². The summed E-state index contributed by atoms with van der Waals surface area (Å²) in [4.78, 5) is 15.0. The van der Waals surface area contributed by atoms with Gasteiger partial charge in [0.1, 0.15) is 5.76 Å². The standard InChI is InChI=1S/C25H27N3O4/c29-25(18-3-8-23-24(16-18)32-17-31-23)27-20-4-6-21(7-5-20)28-13-10-19(11-14-28)26-12-9-22-2-1-15-30-22/h1-8,15-16,19,26H,9-14,17H2,(H,27,29). The number of nitrogens with one attached hydrogen (secondary N) is 2. The zero-order valence-electron chi connectivity index (χ0n) is 17.9. The number of benzene rings is 2. The number of amides is 1. The van der Waals surface area contributed by atoms with Crippen LogP contribution < -0.4 is 25.0 Å². The molecule has 1 fully saturated rings. The van der Waals surface area contributed by atoms with Crippen molar-refractivity contribution in [2.24, 2.45) is 0 Å². The summed E-state index contributed by atoms with van der Waals surface area (Å²) in [5, 5.41) is 6.59. The summed E-state index contributed by atoms with van der Waals surface area (Å²) in [5.74, 6) is 2.13. The molecule has 0 bridgehead atoms. The predicted octanol–water partition coefficient (Wildman–Crippen LogP) is 4.06. The highest BCUT2D eigenvalue weighted by Gasteiger charge is 2.19. The van der Waals surface area contributed by atoms with E-state index < -0.39 is 0 Å². The van der Waals surface area contributed by atoms with Gasteiger partial charge in [-0.25, -0.2) is 0 Å². The molecule has 7 heteroatoms. The number of carbonyl (C=O) groups excluding carboxylic acids is 1. The molecular formula is C25H27N3O4. The van der Waals surface area contributed by atoms with Crippen molar-refractivity contribution in [2.45, 2.75) is 25.3 Å². The van der Waals surface area contributed by atoms with Crippen LogP contribution in [-0.4, -0.2) is 38.4 Å². The first kappa shape index (κ1) is 20.5. The molecule has 0 radical (unpaired) electrons. The van der Waals surface area contributed by atoms with Gasteiger partial charge >= 0.3 is 0 Å². The SMILES string of the molecule is O=C(Nc1ccc(N2CCC(NCCc3ccco3)CC2)cc1)c1ccc2c(c1)OCO2. The smallest absolute Gasteiger partial charge is 0.255 e. The van der Waals surface area contributed by atoms with Crippen molar-refractivity contribution in [3.05, 3.63) is 72.2 Å². The Bertz CT molecular complexity index is 1040. The van der Waals surface area contributed by atoms with E-state index >= 15 is 0 Å². The molecule has 0 aliphatic carbocycles. The summed E-state index contributed by atoms with van der Waals surface area (Å²) in [6, 6.07) is 17.7. The van der Waals surface area contributed by atoms with Gasteiger partial charge in [-0.3, -0.25) is 4.79 Å². The highest BCUT2D eigenvalue weighted by Crippen LogP contribution is 2.32. The fourth-order valence-electron chi connectivity index (χ4n) is 4.19. The number of hydrogen-bond donors (Lipinski definition) is 2. The van der Waals surface area contributed by atoms with Crippen LogP contribution in [0.2, 0.25) is 0 Å². The maximum atomic E-state index is 12.6. The van der Waals surface area contributed by atoms with Crippen LogP contribution in [0.3, 0.4) is 0 Å². The minimum atomic E-state index is -0.169. The minimum Gasteiger partial charge on any atom is -0.469 e. The van der Waals surface area contributed by atoms with Crippen LogP contribution in [0.15, 0.2) is 65.3 Å². The summed E-state index contributed by atoms with van der Waals surface area (Å²) >= 11 is 0. The fraction of sp³-hybridized carbons (Fsp3) is 0.320. The number of fused-ring (bicyclic) bond motifs is 1. The van der Waals surface area contributed by atoms with Crippen molar-refractivity contribution >= 4 is 17.3 Å². The summed E-state index contributed by atoms with van der Waals surface area (Å²) < 4.78 is 16.0. The van der Waals surface area contributed by atoms with Crippen molar-refractivity contribution in [2.75, 3.05) is 36.6 Å². The Kier molecular flexibility index (Phi) is 5.98. The number of ether oxygens (including phenoxy) is 2. The lowest BCUT2D eigenvalue weighted by atomic mass is 10.0. The van der Waals surface area contributed by atoms with Gasteiger partial charge in [-0.15, -0.1) is 0 Å². The zero-order valence-corrected chi connectivity index (χ0v) is 17.9. The van der Waals surface area contributed by atoms with E-state index in [0.29, 0.717) is 23.1 Å². The molecule has 5 rings (SSSR count). The molecule has 3 aromatic rings. The van der Waals surface area contributed by atoms with Crippen LogP contribution in [0.25, 0.3) is 0 Å². The minimum absolute atomic E-state index is 0.169. The number of hydrogen-bond acceptors (Lipinski definition) is 6.